The van der Waals surface area contributed by atoms with Crippen LogP contribution in [0.5, 0.6) is 5.75 Å². The molecule has 3 N–H and O–H groups in total. The number of nitrogens with zero attached hydrogens (tertiary/aromatic N) is 2. The van der Waals surface area contributed by atoms with Crippen LogP contribution in [-0.2, 0) is 0 Å². The fourth-order valence-electron chi connectivity index (χ4n) is 2.25. The minimum absolute atomic E-state index is 0.00578. The third-order valence-corrected chi connectivity index (χ3v) is 3.50. The first kappa shape index (κ1) is 17.6. The zero-order valence-electron chi connectivity index (χ0n) is 13.0. The van der Waals surface area contributed by atoms with Crippen LogP contribution in [0.3, 0.4) is 0 Å². The number of rotatable bonds is 7. The average molecular weight is 314 g/mol. The van der Waals surface area contributed by atoms with Gasteiger partial charge in [-0.25, -0.2) is 0 Å². The lowest BCUT2D eigenvalue weighted by molar-refractivity contribution is 0.142. The van der Waals surface area contributed by atoms with Gasteiger partial charge in [-0.1, -0.05) is 16.8 Å². The van der Waals surface area contributed by atoms with Crippen LogP contribution < -0.4 is 10.5 Å². The van der Waals surface area contributed by atoms with Crippen molar-refractivity contribution in [3.63, 3.8) is 0 Å². The molecule has 0 atom stereocenters. The van der Waals surface area contributed by atoms with Crippen molar-refractivity contribution in [2.75, 3.05) is 13.2 Å². The Kier molecular flexibility index (Phi) is 6.78. The topological polar surface area (TPSA) is 71.1 Å². The number of ether oxygens (including phenoxy) is 1. The first-order valence-corrected chi connectivity index (χ1v) is 7.40. The normalized spacial score (nSPS) is 12.5. The summed E-state index contributed by atoms with van der Waals surface area (Å²) in [6, 6.07) is 5.91. The summed E-state index contributed by atoms with van der Waals surface area (Å²) in [7, 11) is 0. The number of halogens is 1. The third kappa shape index (κ3) is 5.10. The summed E-state index contributed by atoms with van der Waals surface area (Å²) >= 11 is 5.97. The van der Waals surface area contributed by atoms with Gasteiger partial charge in [0.25, 0.3) is 0 Å². The zero-order chi connectivity index (χ0) is 16.0. The van der Waals surface area contributed by atoms with Crippen LogP contribution >= 0.6 is 11.6 Å². The van der Waals surface area contributed by atoms with E-state index in [1.807, 2.05) is 0 Å². The molecule has 0 aliphatic carbocycles. The highest BCUT2D eigenvalue weighted by atomic mass is 35.5. The minimum Gasteiger partial charge on any atom is -0.491 e. The Bertz CT molecular complexity index is 482. The SMILES string of the molecule is CC(C)N(CCOc1cc(Cl)ccc1/C(N)=N/O)C(C)C. The molecule has 21 heavy (non-hydrogen) atoms. The molecule has 0 saturated carbocycles. The Morgan fingerprint density at radius 3 is 2.48 bits per heavy atom. The Morgan fingerprint density at radius 2 is 1.95 bits per heavy atom. The van der Waals surface area contributed by atoms with Gasteiger partial charge in [0.05, 0.1) is 5.56 Å². The molecule has 0 aliphatic heterocycles. The standard InChI is InChI=1S/C15H24ClN3O2/c1-10(2)19(11(3)4)7-8-21-14-9-12(16)5-6-13(14)15(17)18-20/h5-6,9-11,20H,7-8H2,1-4H3,(H2,17,18). The van der Waals surface area contributed by atoms with E-state index in [1.54, 1.807) is 18.2 Å². The van der Waals surface area contributed by atoms with Gasteiger partial charge in [0.1, 0.15) is 12.4 Å². The van der Waals surface area contributed by atoms with E-state index < -0.39 is 0 Å². The second-order valence-electron chi connectivity index (χ2n) is 5.40. The molecular formula is C15H24ClN3O2. The number of amidine groups is 1. The summed E-state index contributed by atoms with van der Waals surface area (Å²) < 4.78 is 5.77. The number of benzene rings is 1. The summed E-state index contributed by atoms with van der Waals surface area (Å²) in [4.78, 5) is 2.33. The summed E-state index contributed by atoms with van der Waals surface area (Å²) in [5.41, 5.74) is 6.17. The number of oxime groups is 1. The first-order valence-electron chi connectivity index (χ1n) is 7.02. The lowest BCUT2D eigenvalue weighted by Crippen LogP contribution is -2.39. The van der Waals surface area contributed by atoms with E-state index in [4.69, 9.17) is 27.3 Å². The van der Waals surface area contributed by atoms with Gasteiger partial charge in [-0.05, 0) is 45.9 Å². The van der Waals surface area contributed by atoms with E-state index in [9.17, 15) is 0 Å². The van der Waals surface area contributed by atoms with Crippen molar-refractivity contribution < 1.29 is 9.94 Å². The fraction of sp³-hybridized carbons (Fsp3) is 0.533. The van der Waals surface area contributed by atoms with Crippen molar-refractivity contribution in [3.8, 4) is 5.75 Å². The molecule has 5 nitrogen and oxygen atoms in total. The van der Waals surface area contributed by atoms with Gasteiger partial charge in [-0.15, -0.1) is 0 Å². The van der Waals surface area contributed by atoms with Crippen molar-refractivity contribution in [2.45, 2.75) is 39.8 Å². The molecular weight excluding hydrogens is 290 g/mol. The van der Waals surface area contributed by atoms with Crippen LogP contribution in [0, 0.1) is 0 Å². The van der Waals surface area contributed by atoms with Crippen LogP contribution in [0.15, 0.2) is 23.4 Å². The number of nitrogens with two attached hydrogens (primary N) is 1. The Labute approximate surface area is 131 Å². The van der Waals surface area contributed by atoms with E-state index in [0.717, 1.165) is 6.54 Å². The van der Waals surface area contributed by atoms with Crippen LogP contribution in [0.25, 0.3) is 0 Å². The van der Waals surface area contributed by atoms with Crippen molar-refractivity contribution in [1.29, 1.82) is 0 Å². The van der Waals surface area contributed by atoms with E-state index in [0.29, 0.717) is 35.0 Å². The van der Waals surface area contributed by atoms with Crippen molar-refractivity contribution in [2.24, 2.45) is 10.9 Å². The van der Waals surface area contributed by atoms with E-state index in [-0.39, 0.29) is 5.84 Å². The molecule has 0 bridgehead atoms. The summed E-state index contributed by atoms with van der Waals surface area (Å²) in [5.74, 6) is 0.525. The molecule has 1 rings (SSSR count). The van der Waals surface area contributed by atoms with Crippen LogP contribution in [0.2, 0.25) is 5.02 Å². The van der Waals surface area contributed by atoms with E-state index >= 15 is 0 Å². The maximum absolute atomic E-state index is 8.81. The Hall–Kier alpha value is -1.46. The molecule has 1 aromatic rings. The third-order valence-electron chi connectivity index (χ3n) is 3.26. The van der Waals surface area contributed by atoms with Crippen molar-refractivity contribution in [1.82, 2.24) is 4.90 Å². The fourth-order valence-corrected chi connectivity index (χ4v) is 2.42. The predicted octanol–water partition coefficient (Wildman–Crippen LogP) is 2.93. The van der Waals surface area contributed by atoms with Gasteiger partial charge < -0.3 is 15.7 Å². The Balaban J connectivity index is 2.77. The van der Waals surface area contributed by atoms with Gasteiger partial charge in [-0.3, -0.25) is 4.90 Å². The average Bonchev–Trinajstić information content (AvgIpc) is 2.42. The highest BCUT2D eigenvalue weighted by molar-refractivity contribution is 6.30. The lowest BCUT2D eigenvalue weighted by atomic mass is 10.2. The quantitative estimate of drug-likeness (QED) is 0.351. The molecule has 0 saturated heterocycles. The summed E-state index contributed by atoms with van der Waals surface area (Å²) in [6.07, 6.45) is 0. The highest BCUT2D eigenvalue weighted by Crippen LogP contribution is 2.23. The van der Waals surface area contributed by atoms with Crippen LogP contribution in [0.4, 0.5) is 0 Å². The highest BCUT2D eigenvalue weighted by Gasteiger charge is 2.14. The molecule has 0 unspecified atom stereocenters. The van der Waals surface area contributed by atoms with Gasteiger partial charge in [0.15, 0.2) is 5.84 Å². The second kappa shape index (κ2) is 8.10. The molecule has 0 amide bonds. The number of hydrogen-bond donors (Lipinski definition) is 2. The monoisotopic (exact) mass is 313 g/mol. The molecule has 1 aromatic carbocycles. The van der Waals surface area contributed by atoms with Crippen molar-refractivity contribution >= 4 is 17.4 Å². The van der Waals surface area contributed by atoms with Gasteiger partial charge in [0, 0.05) is 23.7 Å². The van der Waals surface area contributed by atoms with E-state index in [2.05, 4.69) is 37.8 Å². The molecule has 0 fully saturated rings. The van der Waals surface area contributed by atoms with Gasteiger partial charge in [-0.2, -0.15) is 0 Å². The lowest BCUT2D eigenvalue weighted by Gasteiger charge is -2.30. The predicted molar refractivity (Wildman–Crippen MR) is 86.4 cm³/mol. The molecule has 0 heterocycles. The second-order valence-corrected chi connectivity index (χ2v) is 5.84. The molecule has 0 spiro atoms. The van der Waals surface area contributed by atoms with Crippen LogP contribution in [-0.4, -0.2) is 41.2 Å². The van der Waals surface area contributed by atoms with Gasteiger partial charge in [0.2, 0.25) is 0 Å². The summed E-state index contributed by atoms with van der Waals surface area (Å²) in [5, 5.41) is 12.4. The molecule has 0 radical (unpaired) electrons. The molecule has 0 aromatic heterocycles. The van der Waals surface area contributed by atoms with Crippen molar-refractivity contribution in [3.05, 3.63) is 28.8 Å². The minimum atomic E-state index is 0.00578. The van der Waals surface area contributed by atoms with Crippen LogP contribution in [0.1, 0.15) is 33.3 Å². The zero-order valence-corrected chi connectivity index (χ0v) is 13.8. The summed E-state index contributed by atoms with van der Waals surface area (Å²) in [6.45, 7) is 9.91. The Morgan fingerprint density at radius 1 is 1.33 bits per heavy atom. The largest absolute Gasteiger partial charge is 0.491 e. The smallest absolute Gasteiger partial charge is 0.173 e. The first-order chi connectivity index (χ1) is 9.86. The van der Waals surface area contributed by atoms with Gasteiger partial charge >= 0.3 is 0 Å². The maximum atomic E-state index is 8.81. The molecule has 118 valence electrons. The molecule has 0 aliphatic rings. The maximum Gasteiger partial charge on any atom is 0.173 e. The number of hydrogen-bond acceptors (Lipinski definition) is 4. The van der Waals surface area contributed by atoms with E-state index in [1.165, 1.54) is 0 Å². The molecule has 6 heteroatoms.